The molecule has 10 aromatic carbocycles. The highest BCUT2D eigenvalue weighted by Gasteiger charge is 2.42. The van der Waals surface area contributed by atoms with E-state index in [0.717, 1.165) is 187 Å². The molecule has 142 heavy (non-hydrogen) atoms. The number of halogens is 2. The summed E-state index contributed by atoms with van der Waals surface area (Å²) in [7, 11) is 2.05. The fourth-order valence-electron chi connectivity index (χ4n) is 19.0. The maximum atomic E-state index is 13.4. The van der Waals surface area contributed by atoms with Crippen LogP contribution in [-0.4, -0.2) is 236 Å². The number of carbonyl (C=O) groups is 8. The summed E-state index contributed by atoms with van der Waals surface area (Å²) in [5, 5.41) is 26.9. The van der Waals surface area contributed by atoms with Gasteiger partial charge in [-0.05, 0) is 248 Å². The Morgan fingerprint density at radius 3 is 1.11 bits per heavy atom. The molecule has 0 bridgehead atoms. The number of thioether (sulfide) groups is 2. The maximum Gasteiger partial charge on any atom is 0.251 e. The van der Waals surface area contributed by atoms with Gasteiger partial charge in [-0.3, -0.25) is 43.7 Å². The molecule has 0 aromatic heterocycles. The Labute approximate surface area is 851 Å². The van der Waals surface area contributed by atoms with Gasteiger partial charge in [0.2, 0.25) is 23.6 Å². The number of ether oxygens (including phenoxy) is 1. The number of likely N-dealkylation sites (tertiary alicyclic amines) is 3. The summed E-state index contributed by atoms with van der Waals surface area (Å²) in [5.41, 5.74) is 16.7. The third-order valence-electron chi connectivity index (χ3n) is 28.2. The van der Waals surface area contributed by atoms with Crippen LogP contribution in [0.2, 0.25) is 5.02 Å². The Kier molecular flexibility index (Phi) is 39.0. The molecular weight excluding hydrogens is 1840 g/mol. The molecule has 26 heteroatoms. The lowest BCUT2D eigenvalue weighted by molar-refractivity contribution is -0.136. The van der Waals surface area contributed by atoms with Crippen LogP contribution in [0.5, 0.6) is 0 Å². The van der Waals surface area contributed by atoms with Crippen molar-refractivity contribution in [3.63, 3.8) is 0 Å². The number of piperidine rings is 2. The molecule has 4 heterocycles. The Balaban J connectivity index is 0.000000143. The first-order valence-corrected chi connectivity index (χ1v) is 53.6. The number of hydrogen-bond acceptors (Lipinski definition) is 16. The molecular formula is C116H139ClFN13O9S2. The smallest absolute Gasteiger partial charge is 0.251 e. The monoisotopic (exact) mass is 1980 g/mol. The van der Waals surface area contributed by atoms with Crippen LogP contribution in [0.4, 0.5) is 4.39 Å². The highest BCUT2D eigenvalue weighted by Crippen LogP contribution is 2.45. The van der Waals surface area contributed by atoms with E-state index >= 15 is 0 Å². The Morgan fingerprint density at radius 1 is 0.359 bits per heavy atom. The van der Waals surface area contributed by atoms with E-state index < -0.39 is 30.0 Å². The van der Waals surface area contributed by atoms with Crippen LogP contribution in [0.15, 0.2) is 255 Å². The van der Waals surface area contributed by atoms with Crippen molar-refractivity contribution in [2.24, 2.45) is 0 Å². The number of aryl methyl sites for hydroxylation is 4. The summed E-state index contributed by atoms with van der Waals surface area (Å²) >= 11 is 9.63. The largest absolute Gasteiger partial charge is 0.364 e. The van der Waals surface area contributed by atoms with Crippen molar-refractivity contribution in [1.29, 1.82) is 0 Å². The van der Waals surface area contributed by atoms with Crippen LogP contribution in [0.25, 0.3) is 22.3 Å². The van der Waals surface area contributed by atoms with Crippen LogP contribution in [0, 0.1) is 33.5 Å². The van der Waals surface area contributed by atoms with E-state index in [0.29, 0.717) is 108 Å². The normalized spacial score (nSPS) is 20.2. The Bertz CT molecular complexity index is 5740. The SMILES string of the molecule is Cc1ccc([C@@H]2CC2NCCC[C@H](NC(=O)c2ccc(-c3ccccc3)cc2)C(=O)N2CCCCC2)cc1Cl.Cc1ccc([C@@H]2CC2NCOC[C@H](NC(=O)c2ccccc2)C(=O)N2CCN(C)CC2)cc1.Cc1ccc([C@@H]2CC2NCSC[C@H](NC(=O)c2ccc(-c3ccccc3)cc2)C(=O)N2CCCCC2)cc1.Cc1ccc([C@@H]2CC2NCSC[C@H](NC(=O)c2ccc(F)cc2)C(=O)N2CCCC2)cc1. The zero-order chi connectivity index (χ0) is 99.2. The second-order valence-corrected chi connectivity index (χ2v) is 41.6. The number of piperazine rings is 1. The van der Waals surface area contributed by atoms with Crippen LogP contribution in [0.1, 0.15) is 200 Å². The van der Waals surface area contributed by atoms with E-state index in [2.05, 4.69) is 183 Å². The van der Waals surface area contributed by atoms with Gasteiger partial charge >= 0.3 is 0 Å². The lowest BCUT2D eigenvalue weighted by Gasteiger charge is -2.34. The van der Waals surface area contributed by atoms with E-state index in [1.807, 2.05) is 137 Å². The van der Waals surface area contributed by atoms with E-state index in [-0.39, 0.29) is 53.9 Å². The second-order valence-electron chi connectivity index (χ2n) is 39.1. The number of hydrogen-bond donors (Lipinski definition) is 8. The molecule has 8 fully saturated rings. The first-order chi connectivity index (χ1) is 69.1. The van der Waals surface area contributed by atoms with Gasteiger partial charge in [-0.1, -0.05) is 216 Å². The lowest BCUT2D eigenvalue weighted by Crippen LogP contribution is -2.55. The number of rotatable bonds is 38. The maximum absolute atomic E-state index is 13.4. The molecule has 4 aliphatic heterocycles. The molecule has 4 saturated heterocycles. The molecule has 8 amide bonds. The molecule has 8 N–H and O–H groups in total. The topological polar surface area (TPSA) is 258 Å². The minimum absolute atomic E-state index is 0.0329. The molecule has 12 atom stereocenters. The zero-order valence-corrected chi connectivity index (χ0v) is 85.0. The van der Waals surface area contributed by atoms with Crippen molar-refractivity contribution in [2.45, 2.75) is 190 Å². The van der Waals surface area contributed by atoms with Crippen LogP contribution >= 0.6 is 35.1 Å². The number of likely N-dealkylation sites (N-methyl/N-ethyl adjacent to an activating group) is 1. The fraction of sp³-hybridized carbons (Fsp3) is 0.414. The van der Waals surface area contributed by atoms with E-state index in [1.165, 1.54) is 63.2 Å². The van der Waals surface area contributed by atoms with Gasteiger partial charge in [0.05, 0.1) is 13.3 Å². The van der Waals surface area contributed by atoms with Crippen molar-refractivity contribution in [1.82, 2.24) is 67.0 Å². The summed E-state index contributed by atoms with van der Waals surface area (Å²) in [5.74, 6) is 3.22. The average molecular weight is 1980 g/mol. The zero-order valence-electron chi connectivity index (χ0n) is 82.6. The molecule has 10 aromatic rings. The third kappa shape index (κ3) is 31.3. The quantitative estimate of drug-likeness (QED) is 0.0132. The van der Waals surface area contributed by atoms with Gasteiger partial charge in [-0.15, -0.1) is 23.5 Å². The van der Waals surface area contributed by atoms with Gasteiger partial charge in [0, 0.05) is 164 Å². The Morgan fingerprint density at radius 2 is 0.690 bits per heavy atom. The number of nitrogens with zero attached hydrogens (tertiary/aromatic N) is 5. The molecule has 0 radical (unpaired) electrons. The number of amides is 8. The van der Waals surface area contributed by atoms with Crippen molar-refractivity contribution >= 4 is 82.4 Å². The van der Waals surface area contributed by atoms with Gasteiger partial charge in [0.15, 0.2) is 0 Å². The number of benzene rings is 10. The summed E-state index contributed by atoms with van der Waals surface area (Å²) in [6, 6.07) is 81.7. The van der Waals surface area contributed by atoms with E-state index in [4.69, 9.17) is 16.3 Å². The minimum atomic E-state index is -0.713. The van der Waals surface area contributed by atoms with Crippen LogP contribution < -0.4 is 42.5 Å². The Hall–Kier alpha value is -11.4. The first kappa shape index (κ1) is 105. The van der Waals surface area contributed by atoms with Crippen LogP contribution in [0.3, 0.4) is 0 Å². The molecule has 4 unspecified atom stereocenters. The summed E-state index contributed by atoms with van der Waals surface area (Å²) in [6.07, 6.45) is 14.3. The van der Waals surface area contributed by atoms with E-state index in [1.54, 1.807) is 35.7 Å². The first-order valence-electron chi connectivity index (χ1n) is 50.9. The standard InChI is InChI=1S/C33H38ClN3O2.C32H37N3O2S.C26H34N4O3.C25H30FN3O2S/c1-23-12-13-27(21-29(23)34)28-22-31(28)35-18-8-11-30(33(39)37-19-6-3-7-20-37)36-32(38)26-16-14-25(15-17-26)24-9-4-2-5-10-24;1-23-10-12-26(13-11-23)28-20-29(28)33-22-38-21-30(32(37)35-18-6-3-7-19-35)34-31(36)27-16-14-25(15-17-27)24-8-4-2-5-9-24;1-19-8-10-20(11-9-19)22-16-23(22)27-18-33-17-24(26(32)30-14-12-29(2)13-15-30)28-25(31)21-6-4-3-5-7-21;1-17-4-6-18(7-5-17)21-14-22(21)27-16-32-15-23(25(31)29-12-2-3-13-29)28-24(30)19-8-10-20(26)11-9-19/h2,4-5,9-10,12-17,21,28,30-31,35H,3,6-8,11,18-20,22H2,1H3,(H,36,38);2,4-5,8-17,28-30,33H,3,6-7,18-22H2,1H3,(H,34,36);3-11,22-24,27H,12-18H2,1-2H3,(H,28,31);4-11,21-23,27H,2-3,12-16H2,1H3,(H,28,30)/t28-,30-,31?;28-,29?,30-;22-,23?,24-;21-,22?,23-/m0000/s1. The number of carbonyl (C=O) groups excluding carboxylic acids is 8. The summed E-state index contributed by atoms with van der Waals surface area (Å²) in [6.45, 7) is 17.2. The van der Waals surface area contributed by atoms with Crippen LogP contribution in [-0.2, 0) is 23.9 Å². The van der Waals surface area contributed by atoms with Gasteiger partial charge < -0.3 is 66.5 Å². The summed E-state index contributed by atoms with van der Waals surface area (Å²) < 4.78 is 19.0. The second kappa shape index (κ2) is 52.8. The fourth-order valence-corrected chi connectivity index (χ4v) is 21.0. The van der Waals surface area contributed by atoms with Crippen molar-refractivity contribution in [3.05, 3.63) is 332 Å². The predicted octanol–water partition coefficient (Wildman–Crippen LogP) is 17.6. The number of nitrogens with one attached hydrogen (secondary N) is 8. The molecule has 22 nitrogen and oxygen atoms in total. The minimum Gasteiger partial charge on any atom is -0.364 e. The summed E-state index contributed by atoms with van der Waals surface area (Å²) in [4.78, 5) is 114. The highest BCUT2D eigenvalue weighted by molar-refractivity contribution is 7.99. The van der Waals surface area contributed by atoms with Gasteiger partial charge in [0.1, 0.15) is 30.0 Å². The van der Waals surface area contributed by atoms with E-state index in [9.17, 15) is 42.7 Å². The van der Waals surface area contributed by atoms with Gasteiger partial charge in [0.25, 0.3) is 23.6 Å². The van der Waals surface area contributed by atoms with Crippen molar-refractivity contribution in [2.75, 3.05) is 116 Å². The van der Waals surface area contributed by atoms with Crippen molar-refractivity contribution in [3.8, 4) is 22.3 Å². The molecule has 0 spiro atoms. The highest BCUT2D eigenvalue weighted by atomic mass is 35.5. The van der Waals surface area contributed by atoms with Crippen molar-refractivity contribution < 1.29 is 47.5 Å². The third-order valence-corrected chi connectivity index (χ3v) is 30.5. The van der Waals surface area contributed by atoms with Gasteiger partial charge in [-0.25, -0.2) is 4.39 Å². The van der Waals surface area contributed by atoms with Gasteiger partial charge in [-0.2, -0.15) is 0 Å². The average Bonchev–Trinajstić information content (AvgIpc) is 1.67. The predicted molar refractivity (Wildman–Crippen MR) is 569 cm³/mol. The molecule has 8 aliphatic rings. The molecule has 18 rings (SSSR count). The molecule has 4 aliphatic carbocycles. The lowest BCUT2D eigenvalue weighted by atomic mass is 10.0. The molecule has 748 valence electrons. The molecule has 4 saturated carbocycles.